The van der Waals surface area contributed by atoms with Crippen molar-refractivity contribution in [1.29, 1.82) is 0 Å². The topological polar surface area (TPSA) is 51.0 Å². The molecular formula is C14H16FN3OS. The van der Waals surface area contributed by atoms with E-state index in [1.807, 2.05) is 18.7 Å². The first-order chi connectivity index (χ1) is 9.72. The van der Waals surface area contributed by atoms with Gasteiger partial charge in [0.15, 0.2) is 0 Å². The van der Waals surface area contributed by atoms with E-state index < -0.39 is 0 Å². The lowest BCUT2D eigenvalue weighted by Crippen LogP contribution is -2.38. The van der Waals surface area contributed by atoms with Gasteiger partial charge >= 0.3 is 0 Å². The van der Waals surface area contributed by atoms with Gasteiger partial charge in [0.2, 0.25) is 11.7 Å². The van der Waals surface area contributed by atoms with Gasteiger partial charge in [0.25, 0.3) is 0 Å². The van der Waals surface area contributed by atoms with Gasteiger partial charge < -0.3 is 9.84 Å². The molecule has 0 amide bonds. The Hall–Kier alpha value is -1.40. The largest absolute Gasteiger partial charge is 0.339 e. The minimum Gasteiger partial charge on any atom is -0.339 e. The number of hydrogen-bond acceptors (Lipinski definition) is 5. The molecule has 1 aromatic carbocycles. The van der Waals surface area contributed by atoms with E-state index in [9.17, 15) is 4.39 Å². The number of thioether (sulfide) groups is 1. The smallest absolute Gasteiger partial charge is 0.228 e. The van der Waals surface area contributed by atoms with Crippen molar-refractivity contribution in [2.24, 2.45) is 0 Å². The zero-order chi connectivity index (χ0) is 13.9. The van der Waals surface area contributed by atoms with Gasteiger partial charge in [-0.2, -0.15) is 16.7 Å². The third-order valence-electron chi connectivity index (χ3n) is 3.32. The van der Waals surface area contributed by atoms with E-state index in [0.717, 1.165) is 35.6 Å². The highest BCUT2D eigenvalue weighted by molar-refractivity contribution is 7.99. The zero-order valence-electron chi connectivity index (χ0n) is 11.2. The Morgan fingerprint density at radius 3 is 3.15 bits per heavy atom. The Morgan fingerprint density at radius 2 is 2.40 bits per heavy atom. The maximum Gasteiger partial charge on any atom is 0.228 e. The quantitative estimate of drug-likeness (QED) is 0.942. The second-order valence-corrected chi connectivity index (χ2v) is 6.05. The number of nitrogens with one attached hydrogen (secondary N) is 1. The average Bonchev–Trinajstić information content (AvgIpc) is 2.88. The van der Waals surface area contributed by atoms with Crippen molar-refractivity contribution in [3.8, 4) is 11.4 Å². The molecule has 6 heteroatoms. The van der Waals surface area contributed by atoms with Crippen molar-refractivity contribution in [2.45, 2.75) is 19.4 Å². The molecule has 1 aromatic heterocycles. The van der Waals surface area contributed by atoms with E-state index in [4.69, 9.17) is 4.52 Å². The lowest BCUT2D eigenvalue weighted by molar-refractivity contribution is 0.363. The molecule has 4 nitrogen and oxygen atoms in total. The summed E-state index contributed by atoms with van der Waals surface area (Å²) in [4.78, 5) is 4.42. The number of aromatic nitrogens is 2. The summed E-state index contributed by atoms with van der Waals surface area (Å²) >= 11 is 1.94. The zero-order valence-corrected chi connectivity index (χ0v) is 12.0. The number of aryl methyl sites for hydroxylation is 1. The molecular weight excluding hydrogens is 277 g/mol. The van der Waals surface area contributed by atoms with E-state index in [-0.39, 0.29) is 5.82 Å². The van der Waals surface area contributed by atoms with Crippen LogP contribution in [0, 0.1) is 12.7 Å². The lowest BCUT2D eigenvalue weighted by atomic mass is 10.1. The van der Waals surface area contributed by atoms with Crippen LogP contribution >= 0.6 is 11.8 Å². The minimum atomic E-state index is -0.251. The van der Waals surface area contributed by atoms with Crippen LogP contribution in [0.1, 0.15) is 11.5 Å². The number of nitrogens with zero attached hydrogens (tertiary/aromatic N) is 2. The molecule has 2 heterocycles. The molecule has 0 radical (unpaired) electrons. The maximum absolute atomic E-state index is 13.1. The van der Waals surface area contributed by atoms with Crippen LogP contribution in [-0.2, 0) is 6.42 Å². The van der Waals surface area contributed by atoms with Crippen molar-refractivity contribution in [2.75, 3.05) is 18.1 Å². The van der Waals surface area contributed by atoms with Crippen LogP contribution in [0.25, 0.3) is 11.4 Å². The molecule has 1 aliphatic heterocycles. The molecule has 1 saturated heterocycles. The second-order valence-electron chi connectivity index (χ2n) is 4.90. The number of rotatable bonds is 3. The summed E-state index contributed by atoms with van der Waals surface area (Å²) in [7, 11) is 0. The molecule has 1 unspecified atom stereocenters. The van der Waals surface area contributed by atoms with Crippen LogP contribution in [-0.4, -0.2) is 34.2 Å². The summed E-state index contributed by atoms with van der Waals surface area (Å²) in [6.07, 6.45) is 0.736. The van der Waals surface area contributed by atoms with Crippen molar-refractivity contribution < 1.29 is 8.91 Å². The van der Waals surface area contributed by atoms with Gasteiger partial charge in [-0.05, 0) is 30.7 Å². The molecule has 0 aliphatic carbocycles. The molecule has 1 fully saturated rings. The molecule has 0 spiro atoms. The van der Waals surface area contributed by atoms with Crippen LogP contribution in [0.15, 0.2) is 22.7 Å². The maximum atomic E-state index is 13.1. The summed E-state index contributed by atoms with van der Waals surface area (Å²) in [6.45, 7) is 2.86. The molecule has 3 rings (SSSR count). The van der Waals surface area contributed by atoms with E-state index in [1.165, 1.54) is 12.1 Å². The molecule has 0 saturated carbocycles. The van der Waals surface area contributed by atoms with Crippen LogP contribution in [0.4, 0.5) is 4.39 Å². The van der Waals surface area contributed by atoms with Crippen molar-refractivity contribution in [3.63, 3.8) is 0 Å². The molecule has 2 aromatic rings. The SMILES string of the molecule is Cc1cc(F)ccc1-c1noc(CC2CSCCN2)n1. The molecule has 1 aliphatic rings. The summed E-state index contributed by atoms with van der Waals surface area (Å²) in [5, 5.41) is 7.44. The van der Waals surface area contributed by atoms with Crippen molar-refractivity contribution >= 4 is 11.8 Å². The number of halogens is 1. The Bertz CT molecular complexity index is 596. The van der Waals surface area contributed by atoms with Gasteiger partial charge in [-0.3, -0.25) is 0 Å². The Balaban J connectivity index is 1.75. The monoisotopic (exact) mass is 293 g/mol. The highest BCUT2D eigenvalue weighted by atomic mass is 32.2. The van der Waals surface area contributed by atoms with Gasteiger partial charge in [-0.25, -0.2) is 4.39 Å². The summed E-state index contributed by atoms with van der Waals surface area (Å²) < 4.78 is 18.4. The summed E-state index contributed by atoms with van der Waals surface area (Å²) in [5.41, 5.74) is 1.62. The van der Waals surface area contributed by atoms with E-state index in [1.54, 1.807) is 6.07 Å². The van der Waals surface area contributed by atoms with Gasteiger partial charge in [0.1, 0.15) is 5.82 Å². The van der Waals surface area contributed by atoms with Crippen LogP contribution in [0.5, 0.6) is 0 Å². The van der Waals surface area contributed by atoms with E-state index in [2.05, 4.69) is 15.5 Å². The van der Waals surface area contributed by atoms with Crippen LogP contribution < -0.4 is 5.32 Å². The number of benzene rings is 1. The van der Waals surface area contributed by atoms with Gasteiger partial charge in [-0.15, -0.1) is 0 Å². The van der Waals surface area contributed by atoms with Crippen molar-refractivity contribution in [3.05, 3.63) is 35.5 Å². The fourth-order valence-electron chi connectivity index (χ4n) is 2.29. The second kappa shape index (κ2) is 5.93. The van der Waals surface area contributed by atoms with E-state index >= 15 is 0 Å². The third kappa shape index (κ3) is 3.02. The molecule has 1 atom stereocenters. The summed E-state index contributed by atoms with van der Waals surface area (Å²) in [5.74, 6) is 3.12. The van der Waals surface area contributed by atoms with Gasteiger partial charge in [0, 0.05) is 36.1 Å². The highest BCUT2D eigenvalue weighted by Crippen LogP contribution is 2.22. The molecule has 1 N–H and O–H groups in total. The average molecular weight is 293 g/mol. The molecule has 0 bridgehead atoms. The van der Waals surface area contributed by atoms with Crippen LogP contribution in [0.2, 0.25) is 0 Å². The Kier molecular flexibility index (Phi) is 4.03. The fraction of sp³-hybridized carbons (Fsp3) is 0.429. The highest BCUT2D eigenvalue weighted by Gasteiger charge is 2.18. The lowest BCUT2D eigenvalue weighted by Gasteiger charge is -2.21. The van der Waals surface area contributed by atoms with Crippen molar-refractivity contribution in [1.82, 2.24) is 15.5 Å². The number of hydrogen-bond donors (Lipinski definition) is 1. The molecule has 20 heavy (non-hydrogen) atoms. The normalized spacial score (nSPS) is 19.2. The predicted octanol–water partition coefficient (Wildman–Crippen LogP) is 2.43. The fourth-order valence-corrected chi connectivity index (χ4v) is 3.24. The van der Waals surface area contributed by atoms with Gasteiger partial charge in [0.05, 0.1) is 0 Å². The van der Waals surface area contributed by atoms with E-state index in [0.29, 0.717) is 17.8 Å². The van der Waals surface area contributed by atoms with Crippen LogP contribution in [0.3, 0.4) is 0 Å². The third-order valence-corrected chi connectivity index (χ3v) is 4.45. The first kappa shape index (κ1) is 13.6. The Morgan fingerprint density at radius 1 is 1.50 bits per heavy atom. The first-order valence-electron chi connectivity index (χ1n) is 6.62. The predicted molar refractivity (Wildman–Crippen MR) is 77.2 cm³/mol. The molecule has 106 valence electrons. The first-order valence-corrected chi connectivity index (χ1v) is 7.78. The summed E-state index contributed by atoms with van der Waals surface area (Å²) in [6, 6.07) is 4.97. The minimum absolute atomic E-state index is 0.251. The standard InChI is InChI=1S/C14H16FN3OS/c1-9-6-10(15)2-3-12(9)14-17-13(19-18-14)7-11-8-20-5-4-16-11/h2-3,6,11,16H,4-5,7-8H2,1H3. The Labute approximate surface area is 121 Å². The van der Waals surface area contributed by atoms with Gasteiger partial charge in [-0.1, -0.05) is 5.16 Å².